The fourth-order valence-corrected chi connectivity index (χ4v) is 4.90. The van der Waals surface area contributed by atoms with Gasteiger partial charge in [0.1, 0.15) is 16.5 Å². The van der Waals surface area contributed by atoms with Gasteiger partial charge in [0.2, 0.25) is 0 Å². The number of ketones is 1. The van der Waals surface area contributed by atoms with Gasteiger partial charge in [0, 0.05) is 37.4 Å². The lowest BCUT2D eigenvalue weighted by Gasteiger charge is -2.21. The third-order valence-corrected chi connectivity index (χ3v) is 6.58. The maximum absolute atomic E-state index is 13.2. The first-order chi connectivity index (χ1) is 15.8. The van der Waals surface area contributed by atoms with E-state index >= 15 is 0 Å². The minimum atomic E-state index is -4.53. The third-order valence-electron chi connectivity index (χ3n) is 5.70. The highest BCUT2D eigenvalue weighted by Crippen LogP contribution is 2.35. The van der Waals surface area contributed by atoms with Crippen molar-refractivity contribution in [1.29, 1.82) is 0 Å². The van der Waals surface area contributed by atoms with Crippen LogP contribution in [0.4, 0.5) is 13.2 Å². The largest absolute Gasteiger partial charge is 0.434 e. The van der Waals surface area contributed by atoms with E-state index in [9.17, 15) is 18.0 Å². The zero-order chi connectivity index (χ0) is 23.2. The molecule has 0 radical (unpaired) electrons. The Hall–Kier alpha value is -3.34. The van der Waals surface area contributed by atoms with Crippen molar-refractivity contribution in [3.8, 4) is 22.0 Å². The van der Waals surface area contributed by atoms with E-state index in [2.05, 4.69) is 20.2 Å². The third kappa shape index (κ3) is 4.20. The van der Waals surface area contributed by atoms with Gasteiger partial charge in [0.05, 0.1) is 11.8 Å². The average molecular weight is 472 g/mol. The van der Waals surface area contributed by atoms with Crippen LogP contribution in [0, 0.1) is 5.92 Å². The van der Waals surface area contributed by atoms with Crippen molar-refractivity contribution in [3.05, 3.63) is 59.1 Å². The van der Waals surface area contributed by atoms with Crippen molar-refractivity contribution < 1.29 is 18.0 Å². The summed E-state index contributed by atoms with van der Waals surface area (Å²) in [5.74, 6) is 1.38. The van der Waals surface area contributed by atoms with Gasteiger partial charge < -0.3 is 0 Å². The van der Waals surface area contributed by atoms with Crippen LogP contribution in [-0.2, 0) is 26.2 Å². The number of fused-ring (bicyclic) bond motifs is 1. The van der Waals surface area contributed by atoms with E-state index in [0.717, 1.165) is 34.5 Å². The number of thiazole rings is 1. The van der Waals surface area contributed by atoms with E-state index in [1.807, 2.05) is 35.0 Å². The summed E-state index contributed by atoms with van der Waals surface area (Å²) in [6.45, 7) is 0.660. The second-order valence-corrected chi connectivity index (χ2v) is 8.85. The molecule has 1 unspecified atom stereocenters. The minimum Gasteiger partial charge on any atom is -0.292 e. The normalized spacial score (nSPS) is 16.1. The molecular weight excluding hydrogens is 453 g/mol. The van der Waals surface area contributed by atoms with Gasteiger partial charge in [-0.2, -0.15) is 23.4 Å². The molecule has 0 N–H and O–H groups in total. The summed E-state index contributed by atoms with van der Waals surface area (Å²) in [5.41, 5.74) is 0.572. The Bertz CT molecular complexity index is 1310. The Morgan fingerprint density at radius 3 is 2.73 bits per heavy atom. The lowest BCUT2D eigenvalue weighted by molar-refractivity contribution is -0.140. The van der Waals surface area contributed by atoms with Crippen molar-refractivity contribution in [2.75, 3.05) is 0 Å². The number of hydrogen-bond acceptors (Lipinski definition) is 6. The van der Waals surface area contributed by atoms with Crippen LogP contribution in [0.25, 0.3) is 22.0 Å². The minimum absolute atomic E-state index is 0.0580. The second kappa shape index (κ2) is 8.22. The molecule has 5 rings (SSSR count). The van der Waals surface area contributed by atoms with E-state index < -0.39 is 11.9 Å². The number of alkyl halides is 3. The molecule has 170 valence electrons. The van der Waals surface area contributed by atoms with Crippen LogP contribution in [0.1, 0.15) is 34.8 Å². The molecule has 4 heterocycles. The van der Waals surface area contributed by atoms with Gasteiger partial charge in [0.15, 0.2) is 17.3 Å². The fourth-order valence-electron chi connectivity index (χ4n) is 4.06. The first-order valence-electron chi connectivity index (χ1n) is 10.4. The van der Waals surface area contributed by atoms with E-state index in [1.165, 1.54) is 10.9 Å². The Morgan fingerprint density at radius 2 is 2.00 bits per heavy atom. The fraction of sp³-hybridized carbons (Fsp3) is 0.318. The second-order valence-electron chi connectivity index (χ2n) is 7.99. The maximum atomic E-state index is 13.2. The molecule has 1 aliphatic rings. The quantitative estimate of drug-likeness (QED) is 0.395. The Kier molecular flexibility index (Phi) is 5.35. The van der Waals surface area contributed by atoms with E-state index in [1.54, 1.807) is 7.05 Å². The molecule has 4 aromatic rings. The molecule has 11 heteroatoms. The zero-order valence-electron chi connectivity index (χ0n) is 17.6. The van der Waals surface area contributed by atoms with Gasteiger partial charge in [0.25, 0.3) is 0 Å². The molecule has 0 fully saturated rings. The molecular formula is C22H19F3N6OS. The predicted molar refractivity (Wildman–Crippen MR) is 116 cm³/mol. The Morgan fingerprint density at radius 1 is 1.21 bits per heavy atom. The molecule has 0 amide bonds. The first kappa shape index (κ1) is 21.5. The molecule has 3 aromatic heterocycles. The number of hydrogen-bond donors (Lipinski definition) is 0. The summed E-state index contributed by atoms with van der Waals surface area (Å²) in [6, 6.07) is 9.71. The summed E-state index contributed by atoms with van der Waals surface area (Å²) >= 11 is 0.854. The van der Waals surface area contributed by atoms with Gasteiger partial charge in [-0.05, 0) is 12.3 Å². The number of benzene rings is 1. The molecule has 33 heavy (non-hydrogen) atoms. The monoisotopic (exact) mass is 472 g/mol. The Labute approximate surface area is 190 Å². The van der Waals surface area contributed by atoms with Crippen molar-refractivity contribution in [2.24, 2.45) is 13.0 Å². The number of carbonyl (C=O) groups is 1. The Balaban J connectivity index is 1.34. The lowest BCUT2D eigenvalue weighted by atomic mass is 9.91. The van der Waals surface area contributed by atoms with Crippen LogP contribution in [0.5, 0.6) is 0 Å². The summed E-state index contributed by atoms with van der Waals surface area (Å²) in [5, 5.41) is 9.78. The van der Waals surface area contributed by atoms with Crippen LogP contribution in [-0.4, -0.2) is 35.3 Å². The SMILES string of the molecule is Cn1ncc(-c2nc(C(F)(F)F)cs2)c1C(=O)CC1CCn2nc(-c3ccccc3)nc2C1. The van der Waals surface area contributed by atoms with E-state index in [-0.39, 0.29) is 28.8 Å². The van der Waals surface area contributed by atoms with Gasteiger partial charge >= 0.3 is 6.18 Å². The van der Waals surface area contributed by atoms with Gasteiger partial charge in [-0.3, -0.25) is 9.48 Å². The number of aryl methyl sites for hydroxylation is 2. The first-order valence-corrected chi connectivity index (χ1v) is 11.2. The van der Waals surface area contributed by atoms with Crippen molar-refractivity contribution >= 4 is 17.1 Å². The highest BCUT2D eigenvalue weighted by atomic mass is 32.1. The molecule has 0 saturated heterocycles. The smallest absolute Gasteiger partial charge is 0.292 e. The van der Waals surface area contributed by atoms with Crippen LogP contribution >= 0.6 is 11.3 Å². The van der Waals surface area contributed by atoms with Gasteiger partial charge in [-0.25, -0.2) is 14.6 Å². The van der Waals surface area contributed by atoms with Crippen LogP contribution in [0.3, 0.4) is 0 Å². The van der Waals surface area contributed by atoms with E-state index in [0.29, 0.717) is 24.4 Å². The summed E-state index contributed by atoms with van der Waals surface area (Å²) in [6.07, 6.45) is -1.52. The van der Waals surface area contributed by atoms with Gasteiger partial charge in [-0.1, -0.05) is 30.3 Å². The molecule has 0 aliphatic carbocycles. The van der Waals surface area contributed by atoms with Crippen molar-refractivity contribution in [1.82, 2.24) is 29.5 Å². The van der Waals surface area contributed by atoms with Crippen LogP contribution in [0.15, 0.2) is 41.9 Å². The molecule has 1 aromatic carbocycles. The van der Waals surface area contributed by atoms with E-state index in [4.69, 9.17) is 0 Å². The molecule has 0 spiro atoms. The molecule has 1 atom stereocenters. The van der Waals surface area contributed by atoms with Crippen LogP contribution in [0.2, 0.25) is 0 Å². The standard InChI is InChI=1S/C22H19F3N6OS/c1-30-19(15(11-26-30)21-27-17(12-33-21)22(23,24)25)16(32)9-13-7-8-31-18(10-13)28-20(29-31)14-5-3-2-4-6-14/h2-6,11-13H,7-10H2,1H3. The van der Waals surface area contributed by atoms with Gasteiger partial charge in [-0.15, -0.1) is 11.3 Å². The number of carbonyl (C=O) groups excluding carboxylic acids is 1. The summed E-state index contributed by atoms with van der Waals surface area (Å²) in [4.78, 5) is 21.5. The predicted octanol–water partition coefficient (Wildman–Crippen LogP) is 4.66. The number of rotatable bonds is 5. The highest BCUT2D eigenvalue weighted by molar-refractivity contribution is 7.13. The topological polar surface area (TPSA) is 78.5 Å². The molecule has 0 bridgehead atoms. The molecule has 1 aliphatic heterocycles. The maximum Gasteiger partial charge on any atom is 0.434 e. The molecule has 7 nitrogen and oxygen atoms in total. The number of Topliss-reactive ketones (excluding diaryl/α,β-unsaturated/α-hetero) is 1. The number of halogens is 3. The number of aromatic nitrogens is 6. The average Bonchev–Trinajstić information content (AvgIpc) is 3.51. The van der Waals surface area contributed by atoms with Crippen molar-refractivity contribution in [2.45, 2.75) is 32.0 Å². The summed E-state index contributed by atoms with van der Waals surface area (Å²) in [7, 11) is 1.61. The summed E-state index contributed by atoms with van der Waals surface area (Å²) < 4.78 is 42.2. The van der Waals surface area contributed by atoms with Crippen molar-refractivity contribution in [3.63, 3.8) is 0 Å². The lowest BCUT2D eigenvalue weighted by Crippen LogP contribution is -2.23. The molecule has 0 saturated carbocycles. The zero-order valence-corrected chi connectivity index (χ0v) is 18.4. The number of nitrogens with zero attached hydrogens (tertiary/aromatic N) is 6. The van der Waals surface area contributed by atoms with Crippen LogP contribution < -0.4 is 0 Å². The highest BCUT2D eigenvalue weighted by Gasteiger charge is 2.35.